The third-order valence-corrected chi connectivity index (χ3v) is 3.40. The fraction of sp³-hybridized carbons (Fsp3) is 0.188. The number of pyridine rings is 1. The van der Waals surface area contributed by atoms with Crippen molar-refractivity contribution in [3.8, 4) is 5.88 Å². The second kappa shape index (κ2) is 4.65. The zero-order valence-electron chi connectivity index (χ0n) is 10.3. The third-order valence-electron chi connectivity index (χ3n) is 3.40. The van der Waals surface area contributed by atoms with Crippen LogP contribution in [0.5, 0.6) is 5.88 Å². The van der Waals surface area contributed by atoms with Crippen LogP contribution in [0, 0.1) is 0 Å². The summed E-state index contributed by atoms with van der Waals surface area (Å²) < 4.78 is 5.18. The summed E-state index contributed by atoms with van der Waals surface area (Å²) in [5, 5.41) is 0. The first-order chi connectivity index (χ1) is 8.86. The molecular formula is C16H15NO. The molecule has 0 bridgehead atoms. The molecule has 1 aliphatic rings. The molecular weight excluding hydrogens is 222 g/mol. The first-order valence-corrected chi connectivity index (χ1v) is 6.13. The molecule has 90 valence electrons. The molecule has 0 aliphatic heterocycles. The van der Waals surface area contributed by atoms with Crippen molar-refractivity contribution in [3.63, 3.8) is 0 Å². The Bertz CT molecular complexity index is 589. The van der Waals surface area contributed by atoms with E-state index in [-0.39, 0.29) is 0 Å². The Labute approximate surface area is 107 Å². The Hall–Kier alpha value is -2.09. The minimum Gasteiger partial charge on any atom is -0.481 e. The quantitative estimate of drug-likeness (QED) is 0.798. The Balaban J connectivity index is 1.92. The lowest BCUT2D eigenvalue weighted by molar-refractivity contribution is 0.397. The number of allylic oxidation sites excluding steroid dienone is 1. The van der Waals surface area contributed by atoms with Gasteiger partial charge in [-0.2, -0.15) is 0 Å². The average Bonchev–Trinajstić information content (AvgIpc) is 2.47. The second-order valence-corrected chi connectivity index (χ2v) is 4.50. The maximum absolute atomic E-state index is 5.18. The minimum absolute atomic E-state index is 0.414. The predicted molar refractivity (Wildman–Crippen MR) is 72.7 cm³/mol. The number of ether oxygens (including phenoxy) is 1. The summed E-state index contributed by atoms with van der Waals surface area (Å²) >= 11 is 0. The van der Waals surface area contributed by atoms with Crippen molar-refractivity contribution in [1.82, 2.24) is 4.98 Å². The summed E-state index contributed by atoms with van der Waals surface area (Å²) in [4.78, 5) is 4.15. The van der Waals surface area contributed by atoms with Crippen LogP contribution in [-0.2, 0) is 6.42 Å². The molecule has 1 atom stereocenters. The SMILES string of the molecule is COc1cc(C2C=Cc3ccccc3C2)ccn1. The zero-order chi connectivity index (χ0) is 12.4. The van der Waals surface area contributed by atoms with E-state index in [9.17, 15) is 0 Å². The first-order valence-electron chi connectivity index (χ1n) is 6.13. The van der Waals surface area contributed by atoms with Gasteiger partial charge in [0.15, 0.2) is 0 Å². The predicted octanol–water partition coefficient (Wildman–Crippen LogP) is 3.44. The molecule has 18 heavy (non-hydrogen) atoms. The molecule has 1 aliphatic carbocycles. The van der Waals surface area contributed by atoms with Gasteiger partial charge in [0.1, 0.15) is 0 Å². The molecule has 0 spiro atoms. The maximum Gasteiger partial charge on any atom is 0.213 e. The highest BCUT2D eigenvalue weighted by Gasteiger charge is 2.15. The highest BCUT2D eigenvalue weighted by Crippen LogP contribution is 2.30. The average molecular weight is 237 g/mol. The lowest BCUT2D eigenvalue weighted by Crippen LogP contribution is -2.06. The molecule has 2 aromatic rings. The van der Waals surface area contributed by atoms with E-state index in [1.807, 2.05) is 12.3 Å². The van der Waals surface area contributed by atoms with Gasteiger partial charge in [0.05, 0.1) is 7.11 Å². The first kappa shape index (κ1) is 11.0. The number of methoxy groups -OCH3 is 1. The van der Waals surface area contributed by atoms with Crippen molar-refractivity contribution in [1.29, 1.82) is 0 Å². The number of rotatable bonds is 2. The van der Waals surface area contributed by atoms with Crippen LogP contribution in [0.3, 0.4) is 0 Å². The molecule has 3 rings (SSSR count). The fourth-order valence-corrected chi connectivity index (χ4v) is 2.40. The van der Waals surface area contributed by atoms with Gasteiger partial charge >= 0.3 is 0 Å². The third kappa shape index (κ3) is 2.02. The van der Waals surface area contributed by atoms with E-state index in [4.69, 9.17) is 4.74 Å². The van der Waals surface area contributed by atoms with Crippen molar-refractivity contribution < 1.29 is 4.74 Å². The van der Waals surface area contributed by atoms with Gasteiger partial charge < -0.3 is 4.74 Å². The van der Waals surface area contributed by atoms with Crippen LogP contribution in [0.4, 0.5) is 0 Å². The van der Waals surface area contributed by atoms with E-state index in [2.05, 4.69) is 47.5 Å². The lowest BCUT2D eigenvalue weighted by atomic mass is 9.85. The molecule has 1 heterocycles. The van der Waals surface area contributed by atoms with E-state index in [0.29, 0.717) is 11.8 Å². The molecule has 0 saturated carbocycles. The zero-order valence-corrected chi connectivity index (χ0v) is 10.3. The van der Waals surface area contributed by atoms with E-state index in [1.165, 1.54) is 16.7 Å². The summed E-state index contributed by atoms with van der Waals surface area (Å²) in [6.45, 7) is 0. The van der Waals surface area contributed by atoms with E-state index < -0.39 is 0 Å². The van der Waals surface area contributed by atoms with Gasteiger partial charge in [-0.05, 0) is 29.2 Å². The number of nitrogens with zero attached hydrogens (tertiary/aromatic N) is 1. The van der Waals surface area contributed by atoms with Gasteiger partial charge in [-0.1, -0.05) is 36.4 Å². The summed E-state index contributed by atoms with van der Waals surface area (Å²) in [5.74, 6) is 1.09. The molecule has 0 amide bonds. The highest BCUT2D eigenvalue weighted by molar-refractivity contribution is 5.58. The number of benzene rings is 1. The van der Waals surface area contributed by atoms with E-state index in [0.717, 1.165) is 6.42 Å². The monoisotopic (exact) mass is 237 g/mol. The number of aromatic nitrogens is 1. The van der Waals surface area contributed by atoms with Crippen molar-refractivity contribution in [3.05, 3.63) is 65.4 Å². The van der Waals surface area contributed by atoms with Gasteiger partial charge in [0.25, 0.3) is 0 Å². The molecule has 0 fully saturated rings. The van der Waals surface area contributed by atoms with Crippen LogP contribution in [0.2, 0.25) is 0 Å². The molecule has 0 saturated heterocycles. The van der Waals surface area contributed by atoms with E-state index in [1.54, 1.807) is 7.11 Å². The van der Waals surface area contributed by atoms with Crippen molar-refractivity contribution >= 4 is 6.08 Å². The fourth-order valence-electron chi connectivity index (χ4n) is 2.40. The highest BCUT2D eigenvalue weighted by atomic mass is 16.5. The topological polar surface area (TPSA) is 22.1 Å². The van der Waals surface area contributed by atoms with Gasteiger partial charge in [-0.3, -0.25) is 0 Å². The van der Waals surface area contributed by atoms with Crippen molar-refractivity contribution in [2.45, 2.75) is 12.3 Å². The smallest absolute Gasteiger partial charge is 0.213 e. The van der Waals surface area contributed by atoms with Crippen LogP contribution >= 0.6 is 0 Å². The van der Waals surface area contributed by atoms with Crippen LogP contribution < -0.4 is 4.74 Å². The Morgan fingerprint density at radius 2 is 2.11 bits per heavy atom. The Kier molecular flexibility index (Phi) is 2.85. The number of hydrogen-bond acceptors (Lipinski definition) is 2. The normalized spacial score (nSPS) is 17.3. The molecule has 2 heteroatoms. The maximum atomic E-state index is 5.18. The minimum atomic E-state index is 0.414. The number of fused-ring (bicyclic) bond motifs is 1. The Morgan fingerprint density at radius 3 is 3.00 bits per heavy atom. The standard InChI is InChI=1S/C16H15NO/c1-18-16-11-15(8-9-17-16)14-7-6-12-4-2-3-5-13(12)10-14/h2-9,11,14H,10H2,1H3. The summed E-state index contributed by atoms with van der Waals surface area (Å²) in [6, 6.07) is 12.6. The molecule has 2 nitrogen and oxygen atoms in total. The molecule has 1 unspecified atom stereocenters. The summed E-state index contributed by atoms with van der Waals surface area (Å²) in [6.07, 6.45) is 7.32. The van der Waals surface area contributed by atoms with Gasteiger partial charge in [0, 0.05) is 18.2 Å². The molecule has 1 aromatic carbocycles. The van der Waals surface area contributed by atoms with Crippen LogP contribution in [0.1, 0.15) is 22.6 Å². The van der Waals surface area contributed by atoms with Gasteiger partial charge in [0.2, 0.25) is 5.88 Å². The number of hydrogen-bond donors (Lipinski definition) is 0. The summed E-state index contributed by atoms with van der Waals surface area (Å²) in [5.41, 5.74) is 3.99. The molecule has 0 N–H and O–H groups in total. The van der Waals surface area contributed by atoms with E-state index >= 15 is 0 Å². The van der Waals surface area contributed by atoms with Gasteiger partial charge in [-0.15, -0.1) is 0 Å². The van der Waals surface area contributed by atoms with Gasteiger partial charge in [-0.25, -0.2) is 4.98 Å². The van der Waals surface area contributed by atoms with Crippen molar-refractivity contribution in [2.75, 3.05) is 7.11 Å². The second-order valence-electron chi connectivity index (χ2n) is 4.50. The van der Waals surface area contributed by atoms with Crippen LogP contribution in [0.25, 0.3) is 6.08 Å². The Morgan fingerprint density at radius 1 is 1.22 bits per heavy atom. The van der Waals surface area contributed by atoms with Crippen molar-refractivity contribution in [2.24, 2.45) is 0 Å². The summed E-state index contributed by atoms with van der Waals surface area (Å²) in [7, 11) is 1.65. The van der Waals surface area contributed by atoms with Crippen LogP contribution in [-0.4, -0.2) is 12.1 Å². The largest absolute Gasteiger partial charge is 0.481 e. The molecule has 0 radical (unpaired) electrons. The van der Waals surface area contributed by atoms with Crippen LogP contribution in [0.15, 0.2) is 48.7 Å². The molecule has 1 aromatic heterocycles. The lowest BCUT2D eigenvalue weighted by Gasteiger charge is -2.19.